The van der Waals surface area contributed by atoms with E-state index in [0.717, 1.165) is 29.9 Å². The molecule has 200 valence electrons. The molecule has 7 nitrogen and oxygen atoms in total. The van der Waals surface area contributed by atoms with E-state index >= 15 is 0 Å². The van der Waals surface area contributed by atoms with Crippen molar-refractivity contribution in [1.82, 2.24) is 14.5 Å². The van der Waals surface area contributed by atoms with Crippen molar-refractivity contribution < 1.29 is 36.6 Å². The Balaban J connectivity index is 1.26. The van der Waals surface area contributed by atoms with Crippen molar-refractivity contribution in [2.45, 2.75) is 39.3 Å². The molecule has 0 radical (unpaired) electrons. The first-order valence-electron chi connectivity index (χ1n) is 11.7. The molecule has 11 heteroatoms. The number of rotatable bonds is 11. The van der Waals surface area contributed by atoms with Crippen LogP contribution in [0.2, 0.25) is 0 Å². The molecule has 1 N–H and O–H groups in total. The van der Waals surface area contributed by atoms with Crippen LogP contribution >= 0.6 is 0 Å². The smallest absolute Gasteiger partial charge is 0.416 e. The van der Waals surface area contributed by atoms with Gasteiger partial charge in [-0.25, -0.2) is 14.4 Å². The summed E-state index contributed by atoms with van der Waals surface area (Å²) in [5, 5.41) is 9.25. The third kappa shape index (κ3) is 7.00. The molecule has 0 amide bonds. The lowest BCUT2D eigenvalue weighted by Crippen LogP contribution is -2.07. The van der Waals surface area contributed by atoms with E-state index in [4.69, 9.17) is 13.9 Å². The van der Waals surface area contributed by atoms with E-state index in [-0.39, 0.29) is 24.7 Å². The van der Waals surface area contributed by atoms with Crippen LogP contribution in [0.15, 0.2) is 59.5 Å². The van der Waals surface area contributed by atoms with Gasteiger partial charge in [-0.05, 0) is 55.3 Å². The highest BCUT2D eigenvalue weighted by Crippen LogP contribution is 2.30. The van der Waals surface area contributed by atoms with E-state index in [0.29, 0.717) is 36.5 Å². The van der Waals surface area contributed by atoms with Gasteiger partial charge in [0.2, 0.25) is 5.89 Å². The highest BCUT2D eigenvalue weighted by atomic mass is 19.4. The van der Waals surface area contributed by atoms with Crippen LogP contribution in [0, 0.1) is 12.7 Å². The molecule has 0 bridgehead atoms. The predicted molar refractivity (Wildman–Crippen MR) is 131 cm³/mol. The van der Waals surface area contributed by atoms with Gasteiger partial charge in [-0.3, -0.25) is 0 Å². The Bertz CT molecular complexity index is 1400. The fourth-order valence-electron chi connectivity index (χ4n) is 3.61. The van der Waals surface area contributed by atoms with Crippen LogP contribution in [0.25, 0.3) is 12.2 Å². The molecule has 0 saturated carbocycles. The monoisotopic (exact) mass is 531 g/mol. The zero-order valence-corrected chi connectivity index (χ0v) is 20.4. The lowest BCUT2D eigenvalue weighted by Gasteiger charge is -2.12. The number of aliphatic hydroxyl groups is 1. The number of benzene rings is 2. The molecule has 38 heavy (non-hydrogen) atoms. The maximum absolute atomic E-state index is 14.0. The molecule has 0 spiro atoms. The fourth-order valence-corrected chi connectivity index (χ4v) is 3.61. The molecule has 0 atom stereocenters. The molecule has 4 rings (SSSR count). The van der Waals surface area contributed by atoms with Crippen LogP contribution in [0.1, 0.15) is 40.5 Å². The Kier molecular flexibility index (Phi) is 8.47. The summed E-state index contributed by atoms with van der Waals surface area (Å²) in [5.41, 5.74) is 0.296. The van der Waals surface area contributed by atoms with Gasteiger partial charge in [-0.2, -0.15) is 13.2 Å². The number of hydrogen-bond acceptors (Lipinski definition) is 6. The van der Waals surface area contributed by atoms with Crippen molar-refractivity contribution >= 4 is 12.2 Å². The summed E-state index contributed by atoms with van der Waals surface area (Å²) in [6.07, 6.45) is 3.63. The van der Waals surface area contributed by atoms with Gasteiger partial charge >= 0.3 is 6.18 Å². The minimum absolute atomic E-state index is 0.0246. The molecule has 2 aromatic heterocycles. The Morgan fingerprint density at radius 3 is 2.68 bits per heavy atom. The summed E-state index contributed by atoms with van der Waals surface area (Å²) in [5.74, 6) is 1.11. The van der Waals surface area contributed by atoms with Crippen LogP contribution in [0.5, 0.6) is 11.5 Å². The zero-order chi connectivity index (χ0) is 27.1. The fraction of sp³-hybridized carbons (Fsp3) is 0.259. The molecular formula is C27H25F4N3O4. The molecule has 0 saturated heterocycles. The SMILES string of the molecule is Cc1cc(OCc2coc(/C=C/c3ccc(C(F)(F)F)cc3F)n2)ccc1OCCCn1ccnc1CO. The van der Waals surface area contributed by atoms with E-state index in [1.165, 1.54) is 18.4 Å². The number of imidazole rings is 1. The second-order valence-electron chi connectivity index (χ2n) is 8.36. The van der Waals surface area contributed by atoms with Crippen LogP contribution in [-0.4, -0.2) is 26.2 Å². The number of ether oxygens (including phenoxy) is 2. The number of aryl methyl sites for hydroxylation is 2. The minimum Gasteiger partial charge on any atom is -0.493 e. The van der Waals surface area contributed by atoms with Gasteiger partial charge < -0.3 is 23.6 Å². The lowest BCUT2D eigenvalue weighted by atomic mass is 10.1. The minimum atomic E-state index is -4.61. The molecule has 0 aliphatic rings. The van der Waals surface area contributed by atoms with Gasteiger partial charge in [0.15, 0.2) is 0 Å². The second kappa shape index (κ2) is 12.0. The number of aromatic nitrogens is 3. The molecule has 4 aromatic rings. The number of oxazole rings is 1. The number of alkyl halides is 3. The van der Waals surface area contributed by atoms with Gasteiger partial charge in [0.05, 0.1) is 12.2 Å². The quantitative estimate of drug-likeness (QED) is 0.188. The molecule has 0 aliphatic carbocycles. The van der Waals surface area contributed by atoms with Crippen LogP contribution < -0.4 is 9.47 Å². The highest BCUT2D eigenvalue weighted by Gasteiger charge is 2.31. The van der Waals surface area contributed by atoms with Gasteiger partial charge in [-0.15, -0.1) is 0 Å². The number of hydrogen-bond donors (Lipinski definition) is 1. The summed E-state index contributed by atoms with van der Waals surface area (Å²) in [7, 11) is 0. The van der Waals surface area contributed by atoms with Gasteiger partial charge in [0, 0.05) is 30.6 Å². The van der Waals surface area contributed by atoms with Crippen molar-refractivity contribution in [2.75, 3.05) is 6.61 Å². The Labute approximate surface area is 216 Å². The third-order valence-corrected chi connectivity index (χ3v) is 5.58. The van der Waals surface area contributed by atoms with E-state index in [9.17, 15) is 22.7 Å². The maximum Gasteiger partial charge on any atom is 0.416 e. The zero-order valence-electron chi connectivity index (χ0n) is 20.4. The summed E-state index contributed by atoms with van der Waals surface area (Å²) in [6.45, 7) is 3.09. The number of aliphatic hydroxyl groups excluding tert-OH is 1. The Hall–Kier alpha value is -4.12. The third-order valence-electron chi connectivity index (χ3n) is 5.58. The van der Waals surface area contributed by atoms with Gasteiger partial charge in [0.25, 0.3) is 0 Å². The molecular weight excluding hydrogens is 506 g/mol. The highest BCUT2D eigenvalue weighted by molar-refractivity contribution is 5.66. The van der Waals surface area contributed by atoms with Crippen LogP contribution in [0.4, 0.5) is 17.6 Å². The first-order chi connectivity index (χ1) is 18.2. The normalized spacial score (nSPS) is 11.8. The number of halogens is 4. The van der Waals surface area contributed by atoms with Crippen molar-refractivity contribution in [2.24, 2.45) is 0 Å². The van der Waals surface area contributed by atoms with Gasteiger partial charge in [0.1, 0.15) is 48.3 Å². The summed E-state index contributed by atoms with van der Waals surface area (Å²) in [4.78, 5) is 8.29. The average molecular weight is 532 g/mol. The maximum atomic E-state index is 14.0. The van der Waals surface area contributed by atoms with Crippen molar-refractivity contribution in [1.29, 1.82) is 0 Å². The first-order valence-corrected chi connectivity index (χ1v) is 11.7. The van der Waals surface area contributed by atoms with Crippen molar-refractivity contribution in [3.63, 3.8) is 0 Å². The molecule has 2 aromatic carbocycles. The Morgan fingerprint density at radius 1 is 1.11 bits per heavy atom. The van der Waals surface area contributed by atoms with Crippen molar-refractivity contribution in [3.8, 4) is 11.5 Å². The molecule has 2 heterocycles. The molecule has 0 fully saturated rings. The molecule has 0 unspecified atom stereocenters. The second-order valence-corrected chi connectivity index (χ2v) is 8.36. The summed E-state index contributed by atoms with van der Waals surface area (Å²) in [6, 6.07) is 7.73. The topological polar surface area (TPSA) is 82.5 Å². The molecule has 0 aliphatic heterocycles. The Morgan fingerprint density at radius 2 is 1.95 bits per heavy atom. The lowest BCUT2D eigenvalue weighted by molar-refractivity contribution is -0.137. The van der Waals surface area contributed by atoms with E-state index < -0.39 is 17.6 Å². The van der Waals surface area contributed by atoms with Crippen LogP contribution in [0.3, 0.4) is 0 Å². The van der Waals surface area contributed by atoms with E-state index in [2.05, 4.69) is 9.97 Å². The first kappa shape index (κ1) is 26.9. The largest absolute Gasteiger partial charge is 0.493 e. The van der Waals surface area contributed by atoms with E-state index in [1.54, 1.807) is 12.3 Å². The average Bonchev–Trinajstić information content (AvgIpc) is 3.54. The van der Waals surface area contributed by atoms with Gasteiger partial charge in [-0.1, -0.05) is 6.07 Å². The number of nitrogens with zero attached hydrogens (tertiary/aromatic N) is 3. The summed E-state index contributed by atoms with van der Waals surface area (Å²) < 4.78 is 70.8. The summed E-state index contributed by atoms with van der Waals surface area (Å²) >= 11 is 0. The van der Waals surface area contributed by atoms with Crippen LogP contribution in [-0.2, 0) is 25.9 Å². The van der Waals surface area contributed by atoms with E-state index in [1.807, 2.05) is 29.8 Å². The predicted octanol–water partition coefficient (Wildman–Crippen LogP) is 6.05. The standard InChI is InChI=1S/C27H25F4N3O4/c1-18-13-22(6-7-24(18)36-12-2-10-34-11-9-32-25(34)15-35)37-16-21-17-38-26(33-21)8-4-19-3-5-20(14-23(19)28)27(29,30)31/h3-9,11,13-14,17,35H,2,10,12,15-16H2,1H3/b8-4+. The van der Waals surface area contributed by atoms with Crippen molar-refractivity contribution in [3.05, 3.63) is 95.0 Å².